The maximum absolute atomic E-state index is 6.35. The molecule has 0 amide bonds. The summed E-state index contributed by atoms with van der Waals surface area (Å²) < 4.78 is 0. The van der Waals surface area contributed by atoms with Crippen molar-refractivity contribution < 1.29 is 0 Å². The van der Waals surface area contributed by atoms with Gasteiger partial charge >= 0.3 is 0 Å². The topological polar surface area (TPSA) is 29.3 Å². The van der Waals surface area contributed by atoms with Crippen LogP contribution in [0.1, 0.15) is 39.0 Å². The van der Waals surface area contributed by atoms with Gasteiger partial charge in [0.15, 0.2) is 0 Å². The van der Waals surface area contributed by atoms with Crippen molar-refractivity contribution in [1.82, 2.24) is 4.90 Å². The number of hydrogen-bond acceptors (Lipinski definition) is 2. The molecule has 2 heteroatoms. The molecule has 0 saturated heterocycles. The molecule has 2 rings (SSSR count). The molecular formula is C12H24N2. The molecule has 2 atom stereocenters. The van der Waals surface area contributed by atoms with E-state index < -0.39 is 0 Å². The number of likely N-dealkylation sites (N-methyl/N-ethyl adjacent to an activating group) is 1. The number of nitrogens with zero attached hydrogens (tertiary/aromatic N) is 1. The summed E-state index contributed by atoms with van der Waals surface area (Å²) in [7, 11) is 2.23. The second kappa shape index (κ2) is 3.82. The second-order valence-corrected chi connectivity index (χ2v) is 5.74. The number of nitrogens with two attached hydrogens (primary N) is 1. The molecule has 2 aliphatic carbocycles. The predicted molar refractivity (Wildman–Crippen MR) is 60.2 cm³/mol. The van der Waals surface area contributed by atoms with Gasteiger partial charge in [-0.15, -0.1) is 0 Å². The first-order valence-electron chi connectivity index (χ1n) is 6.06. The van der Waals surface area contributed by atoms with Crippen LogP contribution in [0.4, 0.5) is 0 Å². The highest BCUT2D eigenvalue weighted by atomic mass is 15.1. The van der Waals surface area contributed by atoms with Crippen LogP contribution in [-0.4, -0.2) is 30.6 Å². The Morgan fingerprint density at radius 2 is 1.93 bits per heavy atom. The van der Waals surface area contributed by atoms with Gasteiger partial charge < -0.3 is 10.6 Å². The molecule has 2 N–H and O–H groups in total. The first-order valence-corrected chi connectivity index (χ1v) is 6.06. The van der Waals surface area contributed by atoms with Crippen molar-refractivity contribution in [1.29, 1.82) is 0 Å². The van der Waals surface area contributed by atoms with Gasteiger partial charge in [-0.05, 0) is 38.1 Å². The Labute approximate surface area is 87.8 Å². The molecule has 2 aliphatic rings. The van der Waals surface area contributed by atoms with E-state index in [1.807, 2.05) is 0 Å². The van der Waals surface area contributed by atoms with Crippen molar-refractivity contribution in [3.63, 3.8) is 0 Å². The standard InChI is InChI=1S/C12H24N2/c1-10-7-11(10)8-14(2)9-12(13)5-3-4-6-12/h10-11H,3-9,13H2,1-2H3. The van der Waals surface area contributed by atoms with Crippen LogP contribution in [0.25, 0.3) is 0 Å². The lowest BCUT2D eigenvalue weighted by Crippen LogP contribution is -2.47. The van der Waals surface area contributed by atoms with E-state index in [1.54, 1.807) is 0 Å². The Morgan fingerprint density at radius 1 is 1.36 bits per heavy atom. The van der Waals surface area contributed by atoms with Gasteiger partial charge in [-0.2, -0.15) is 0 Å². The third kappa shape index (κ3) is 2.48. The van der Waals surface area contributed by atoms with Crippen molar-refractivity contribution in [3.8, 4) is 0 Å². The van der Waals surface area contributed by atoms with Gasteiger partial charge in [-0.1, -0.05) is 19.8 Å². The molecule has 14 heavy (non-hydrogen) atoms. The van der Waals surface area contributed by atoms with Crippen molar-refractivity contribution >= 4 is 0 Å². The summed E-state index contributed by atoms with van der Waals surface area (Å²) in [4.78, 5) is 2.46. The molecule has 82 valence electrons. The molecule has 0 radical (unpaired) electrons. The van der Waals surface area contributed by atoms with Gasteiger partial charge in [0.1, 0.15) is 0 Å². The van der Waals surface area contributed by atoms with Crippen LogP contribution in [0.15, 0.2) is 0 Å². The van der Waals surface area contributed by atoms with Gasteiger partial charge in [-0.25, -0.2) is 0 Å². The fourth-order valence-corrected chi connectivity index (χ4v) is 2.89. The summed E-state index contributed by atoms with van der Waals surface area (Å²) in [6.45, 7) is 4.72. The van der Waals surface area contributed by atoms with E-state index in [1.165, 1.54) is 38.6 Å². The summed E-state index contributed by atoms with van der Waals surface area (Å²) in [6, 6.07) is 0. The summed E-state index contributed by atoms with van der Waals surface area (Å²) in [5.41, 5.74) is 6.49. The summed E-state index contributed by atoms with van der Waals surface area (Å²) in [5, 5.41) is 0. The van der Waals surface area contributed by atoms with E-state index >= 15 is 0 Å². The van der Waals surface area contributed by atoms with E-state index in [0.29, 0.717) is 0 Å². The van der Waals surface area contributed by atoms with E-state index in [-0.39, 0.29) is 5.54 Å². The third-order valence-corrected chi connectivity index (χ3v) is 4.01. The molecule has 0 aliphatic heterocycles. The number of hydrogen-bond donors (Lipinski definition) is 1. The Morgan fingerprint density at radius 3 is 2.43 bits per heavy atom. The van der Waals surface area contributed by atoms with Gasteiger partial charge in [0.25, 0.3) is 0 Å². The Balaban J connectivity index is 1.73. The van der Waals surface area contributed by atoms with Crippen LogP contribution in [0.3, 0.4) is 0 Å². The van der Waals surface area contributed by atoms with E-state index in [9.17, 15) is 0 Å². The van der Waals surface area contributed by atoms with Gasteiger partial charge in [-0.3, -0.25) is 0 Å². The van der Waals surface area contributed by atoms with Crippen molar-refractivity contribution in [2.75, 3.05) is 20.1 Å². The Bertz CT molecular complexity index is 196. The molecule has 2 nitrogen and oxygen atoms in total. The molecule has 2 fully saturated rings. The normalized spacial score (nSPS) is 35.1. The minimum absolute atomic E-state index is 0.146. The summed E-state index contributed by atoms with van der Waals surface area (Å²) in [6.07, 6.45) is 6.57. The fraction of sp³-hybridized carbons (Fsp3) is 1.00. The minimum atomic E-state index is 0.146. The van der Waals surface area contributed by atoms with Crippen LogP contribution in [0, 0.1) is 11.8 Å². The van der Waals surface area contributed by atoms with Crippen LogP contribution in [-0.2, 0) is 0 Å². The highest BCUT2D eigenvalue weighted by molar-refractivity contribution is 4.93. The van der Waals surface area contributed by atoms with Gasteiger partial charge in [0.2, 0.25) is 0 Å². The monoisotopic (exact) mass is 196 g/mol. The molecule has 0 heterocycles. The Kier molecular flexibility index (Phi) is 2.85. The lowest BCUT2D eigenvalue weighted by Gasteiger charge is -2.29. The van der Waals surface area contributed by atoms with Crippen LogP contribution >= 0.6 is 0 Å². The molecule has 2 saturated carbocycles. The maximum Gasteiger partial charge on any atom is 0.0283 e. The highest BCUT2D eigenvalue weighted by Crippen LogP contribution is 2.38. The predicted octanol–water partition coefficient (Wildman–Crippen LogP) is 1.85. The van der Waals surface area contributed by atoms with E-state index in [4.69, 9.17) is 5.73 Å². The maximum atomic E-state index is 6.35. The zero-order chi connectivity index (χ0) is 10.2. The first-order chi connectivity index (χ1) is 6.59. The molecule has 0 aromatic heterocycles. The summed E-state index contributed by atoms with van der Waals surface area (Å²) >= 11 is 0. The SMILES string of the molecule is CC1CC1CN(C)CC1(N)CCCC1. The smallest absolute Gasteiger partial charge is 0.0283 e. The molecular weight excluding hydrogens is 172 g/mol. The fourth-order valence-electron chi connectivity index (χ4n) is 2.89. The van der Waals surface area contributed by atoms with Gasteiger partial charge in [0, 0.05) is 18.6 Å². The largest absolute Gasteiger partial charge is 0.324 e. The molecule has 0 aromatic carbocycles. The van der Waals surface area contributed by atoms with E-state index in [0.717, 1.165) is 18.4 Å². The average molecular weight is 196 g/mol. The van der Waals surface area contributed by atoms with Crippen LogP contribution in [0.2, 0.25) is 0 Å². The lowest BCUT2D eigenvalue weighted by molar-refractivity contribution is 0.237. The van der Waals surface area contributed by atoms with Crippen LogP contribution in [0.5, 0.6) is 0 Å². The third-order valence-electron chi connectivity index (χ3n) is 4.01. The first kappa shape index (κ1) is 10.4. The molecule has 0 spiro atoms. The van der Waals surface area contributed by atoms with Crippen molar-refractivity contribution in [2.45, 2.75) is 44.6 Å². The second-order valence-electron chi connectivity index (χ2n) is 5.74. The van der Waals surface area contributed by atoms with Crippen LogP contribution < -0.4 is 5.73 Å². The molecule has 2 unspecified atom stereocenters. The minimum Gasteiger partial charge on any atom is -0.324 e. The Hall–Kier alpha value is -0.0800. The summed E-state index contributed by atoms with van der Waals surface area (Å²) in [5.74, 6) is 1.93. The van der Waals surface area contributed by atoms with Gasteiger partial charge in [0.05, 0.1) is 0 Å². The molecule has 0 bridgehead atoms. The highest BCUT2D eigenvalue weighted by Gasteiger charge is 2.35. The lowest BCUT2D eigenvalue weighted by atomic mass is 9.98. The quantitative estimate of drug-likeness (QED) is 0.743. The molecule has 0 aromatic rings. The van der Waals surface area contributed by atoms with Crippen molar-refractivity contribution in [3.05, 3.63) is 0 Å². The van der Waals surface area contributed by atoms with Crippen molar-refractivity contribution in [2.24, 2.45) is 17.6 Å². The number of rotatable bonds is 4. The van der Waals surface area contributed by atoms with E-state index in [2.05, 4.69) is 18.9 Å². The average Bonchev–Trinajstić information content (AvgIpc) is 2.61. The zero-order valence-corrected chi connectivity index (χ0v) is 9.63. The zero-order valence-electron chi connectivity index (χ0n) is 9.63.